The van der Waals surface area contributed by atoms with Crippen LogP contribution in [-0.4, -0.2) is 69.8 Å². The van der Waals surface area contributed by atoms with Crippen molar-refractivity contribution >= 4 is 11.6 Å². The first-order valence-corrected chi connectivity index (χ1v) is 8.88. The quantitative estimate of drug-likeness (QED) is 0.852. The molecule has 7 heteroatoms. The van der Waals surface area contributed by atoms with Crippen LogP contribution in [0, 0.1) is 6.92 Å². The number of nitrogens with zero attached hydrogens (tertiary/aromatic N) is 3. The minimum Gasteiger partial charge on any atom is -0.389 e. The van der Waals surface area contributed by atoms with E-state index in [2.05, 4.69) is 15.2 Å². The molecule has 2 aliphatic rings. The second kappa shape index (κ2) is 6.74. The zero-order valence-electron chi connectivity index (χ0n) is 14.4. The second-order valence-corrected chi connectivity index (χ2v) is 6.96. The van der Waals surface area contributed by atoms with Crippen LogP contribution in [-0.2, 0) is 4.74 Å². The first kappa shape index (κ1) is 16.5. The fraction of sp³-hybridized carbons (Fsp3) is 0.556. The van der Waals surface area contributed by atoms with Crippen LogP contribution in [0.3, 0.4) is 0 Å². The Morgan fingerprint density at radius 3 is 2.88 bits per heavy atom. The van der Waals surface area contributed by atoms with Gasteiger partial charge in [0.15, 0.2) is 0 Å². The highest BCUT2D eigenvalue weighted by molar-refractivity contribution is 5.93. The van der Waals surface area contributed by atoms with Crippen molar-refractivity contribution in [1.29, 1.82) is 0 Å². The van der Waals surface area contributed by atoms with Crippen molar-refractivity contribution in [2.24, 2.45) is 0 Å². The van der Waals surface area contributed by atoms with Crippen LogP contribution in [0.4, 0.5) is 0 Å². The number of pyridine rings is 1. The molecule has 0 aromatic carbocycles. The Bertz CT molecular complexity index is 769. The minimum atomic E-state index is -0.554. The van der Waals surface area contributed by atoms with Crippen molar-refractivity contribution in [3.8, 4) is 0 Å². The summed E-state index contributed by atoms with van der Waals surface area (Å²) < 4.78 is 7.23. The summed E-state index contributed by atoms with van der Waals surface area (Å²) in [6, 6.07) is 3.73. The Kier molecular flexibility index (Phi) is 4.45. The third-order valence-corrected chi connectivity index (χ3v) is 5.24. The molecule has 2 aromatic rings. The molecule has 0 bridgehead atoms. The summed E-state index contributed by atoms with van der Waals surface area (Å²) in [7, 11) is 0. The van der Waals surface area contributed by atoms with Gasteiger partial charge in [0, 0.05) is 31.5 Å². The molecule has 0 radical (unpaired) electrons. The third-order valence-electron chi connectivity index (χ3n) is 5.24. The Balaban J connectivity index is 1.43. The van der Waals surface area contributed by atoms with Crippen LogP contribution < -0.4 is 5.32 Å². The fourth-order valence-corrected chi connectivity index (χ4v) is 3.88. The lowest BCUT2D eigenvalue weighted by atomic mass is 10.1. The normalized spacial score (nSPS) is 27.7. The van der Waals surface area contributed by atoms with E-state index < -0.39 is 6.10 Å². The molecule has 0 spiro atoms. The molecule has 134 valence electrons. The predicted octanol–water partition coefficient (Wildman–Crippen LogP) is 0.597. The van der Waals surface area contributed by atoms with Gasteiger partial charge >= 0.3 is 0 Å². The summed E-state index contributed by atoms with van der Waals surface area (Å²) in [4.78, 5) is 19.2. The van der Waals surface area contributed by atoms with Gasteiger partial charge in [-0.25, -0.2) is 4.98 Å². The van der Waals surface area contributed by atoms with E-state index in [9.17, 15) is 9.90 Å². The summed E-state index contributed by atoms with van der Waals surface area (Å²) >= 11 is 0. The number of hydrogen-bond donors (Lipinski definition) is 2. The van der Waals surface area contributed by atoms with E-state index in [0.29, 0.717) is 18.9 Å². The van der Waals surface area contributed by atoms with E-state index in [-0.39, 0.29) is 18.0 Å². The first-order chi connectivity index (χ1) is 12.1. The zero-order valence-corrected chi connectivity index (χ0v) is 14.4. The number of carbonyl (C=O) groups excluding carboxylic acids is 1. The van der Waals surface area contributed by atoms with Gasteiger partial charge in [0.25, 0.3) is 5.91 Å². The van der Waals surface area contributed by atoms with Gasteiger partial charge in [0.1, 0.15) is 11.3 Å². The van der Waals surface area contributed by atoms with E-state index in [1.165, 1.54) is 0 Å². The molecular weight excluding hydrogens is 320 g/mol. The zero-order chi connectivity index (χ0) is 17.4. The average Bonchev–Trinajstić information content (AvgIpc) is 3.19. The SMILES string of the molecule is Cc1ccc2nc(C(=O)N[C@@H]3CC[C@@H](N4CCOCC4)[C@@H]3O)cn2c1. The number of imidazole rings is 1. The maximum absolute atomic E-state index is 12.6. The molecule has 2 fully saturated rings. The van der Waals surface area contributed by atoms with Crippen LogP contribution in [0.1, 0.15) is 28.9 Å². The van der Waals surface area contributed by atoms with Crippen LogP contribution >= 0.6 is 0 Å². The fourth-order valence-electron chi connectivity index (χ4n) is 3.88. The number of amides is 1. The number of ether oxygens (including phenoxy) is 1. The highest BCUT2D eigenvalue weighted by atomic mass is 16.5. The summed E-state index contributed by atoms with van der Waals surface area (Å²) in [6.45, 7) is 5.10. The number of aliphatic hydroxyl groups excluding tert-OH is 1. The highest BCUT2D eigenvalue weighted by Crippen LogP contribution is 2.26. The van der Waals surface area contributed by atoms with Gasteiger partial charge in [0.2, 0.25) is 0 Å². The summed E-state index contributed by atoms with van der Waals surface area (Å²) in [5, 5.41) is 13.6. The lowest BCUT2D eigenvalue weighted by Gasteiger charge is -2.34. The molecule has 25 heavy (non-hydrogen) atoms. The molecule has 4 rings (SSSR count). The average molecular weight is 344 g/mol. The van der Waals surface area contributed by atoms with Gasteiger partial charge in [-0.1, -0.05) is 6.07 Å². The lowest BCUT2D eigenvalue weighted by Crippen LogP contribution is -2.51. The molecule has 1 amide bonds. The molecule has 1 saturated heterocycles. The van der Waals surface area contributed by atoms with Crippen LogP contribution in [0.15, 0.2) is 24.5 Å². The number of hydrogen-bond acceptors (Lipinski definition) is 5. The third kappa shape index (κ3) is 3.27. The van der Waals surface area contributed by atoms with Crippen molar-refractivity contribution in [3.63, 3.8) is 0 Å². The molecular formula is C18H24N4O3. The van der Waals surface area contributed by atoms with Crippen molar-refractivity contribution < 1.29 is 14.6 Å². The topological polar surface area (TPSA) is 79.1 Å². The first-order valence-electron chi connectivity index (χ1n) is 8.88. The van der Waals surface area contributed by atoms with E-state index in [1.54, 1.807) is 6.20 Å². The number of nitrogens with one attached hydrogen (secondary N) is 1. The van der Waals surface area contributed by atoms with E-state index in [0.717, 1.165) is 37.1 Å². The number of aromatic nitrogens is 2. The van der Waals surface area contributed by atoms with E-state index >= 15 is 0 Å². The van der Waals surface area contributed by atoms with Gasteiger partial charge in [-0.05, 0) is 31.4 Å². The molecule has 7 nitrogen and oxygen atoms in total. The number of fused-ring (bicyclic) bond motifs is 1. The standard InChI is InChI=1S/C18H24N4O3/c1-12-2-5-16-19-14(11-22(16)10-12)18(24)20-13-3-4-15(17(13)23)21-6-8-25-9-7-21/h2,5,10-11,13,15,17,23H,3-4,6-9H2,1H3,(H,20,24)/t13-,15-,17-/m1/s1. The number of morpholine rings is 1. The number of aryl methyl sites for hydroxylation is 1. The Labute approximate surface area is 146 Å². The number of aliphatic hydroxyl groups is 1. The Morgan fingerprint density at radius 2 is 2.08 bits per heavy atom. The summed E-state index contributed by atoms with van der Waals surface area (Å²) in [6.07, 6.45) is 4.79. The molecule has 1 saturated carbocycles. The van der Waals surface area contributed by atoms with Gasteiger partial charge in [-0.2, -0.15) is 0 Å². The predicted molar refractivity (Wildman–Crippen MR) is 92.6 cm³/mol. The van der Waals surface area contributed by atoms with E-state index in [4.69, 9.17) is 4.74 Å². The summed E-state index contributed by atoms with van der Waals surface area (Å²) in [5.41, 5.74) is 2.23. The van der Waals surface area contributed by atoms with Crippen LogP contribution in [0.25, 0.3) is 5.65 Å². The van der Waals surface area contributed by atoms with Crippen molar-refractivity contribution in [3.05, 3.63) is 35.8 Å². The van der Waals surface area contributed by atoms with Crippen LogP contribution in [0.5, 0.6) is 0 Å². The van der Waals surface area contributed by atoms with Crippen molar-refractivity contribution in [1.82, 2.24) is 19.6 Å². The molecule has 2 aromatic heterocycles. The van der Waals surface area contributed by atoms with Gasteiger partial charge < -0.3 is 19.6 Å². The summed E-state index contributed by atoms with van der Waals surface area (Å²) in [5.74, 6) is -0.229. The Hall–Kier alpha value is -1.96. The van der Waals surface area contributed by atoms with Gasteiger partial charge in [0.05, 0.1) is 25.4 Å². The largest absolute Gasteiger partial charge is 0.389 e. The molecule has 1 aliphatic heterocycles. The monoisotopic (exact) mass is 344 g/mol. The smallest absolute Gasteiger partial charge is 0.271 e. The van der Waals surface area contributed by atoms with Crippen molar-refractivity contribution in [2.45, 2.75) is 38.0 Å². The maximum Gasteiger partial charge on any atom is 0.271 e. The minimum absolute atomic E-state index is 0.0953. The van der Waals surface area contributed by atoms with Gasteiger partial charge in [-0.3, -0.25) is 9.69 Å². The Morgan fingerprint density at radius 1 is 1.28 bits per heavy atom. The lowest BCUT2D eigenvalue weighted by molar-refractivity contribution is -0.0154. The van der Waals surface area contributed by atoms with Gasteiger partial charge in [-0.15, -0.1) is 0 Å². The number of carbonyl (C=O) groups is 1. The molecule has 1 aliphatic carbocycles. The number of rotatable bonds is 3. The maximum atomic E-state index is 12.6. The second-order valence-electron chi connectivity index (χ2n) is 6.96. The molecule has 0 unspecified atom stereocenters. The highest BCUT2D eigenvalue weighted by Gasteiger charge is 2.39. The van der Waals surface area contributed by atoms with Crippen molar-refractivity contribution in [2.75, 3.05) is 26.3 Å². The molecule has 3 atom stereocenters. The molecule has 3 heterocycles. The van der Waals surface area contributed by atoms with E-state index in [1.807, 2.05) is 29.7 Å². The van der Waals surface area contributed by atoms with Crippen LogP contribution in [0.2, 0.25) is 0 Å². The molecule has 2 N–H and O–H groups in total.